The number of aryl methyl sites for hydroxylation is 1. The summed E-state index contributed by atoms with van der Waals surface area (Å²) in [5.74, 6) is -1.53. The Labute approximate surface area is 183 Å². The summed E-state index contributed by atoms with van der Waals surface area (Å²) in [7, 11) is 1.45. The second-order valence-corrected chi connectivity index (χ2v) is 7.38. The minimum absolute atomic E-state index is 0.0434. The molecule has 2 heterocycles. The molecule has 1 aromatic carbocycles. The number of benzene rings is 1. The number of halogens is 2. The van der Waals surface area contributed by atoms with Crippen molar-refractivity contribution in [2.24, 2.45) is 7.05 Å². The molecular formula is C18H12ClFN7O3S+. The Bertz CT molecular complexity index is 1340. The number of amides is 1. The molecule has 3 rings (SSSR count). The SMILES string of the molecule is C[n+]1[nH]oc(=O)c1-c1c(C#N)c(N)nc(SCC(=O)Nc2ccc(F)c(Cl)c2)c1C#N. The van der Waals surface area contributed by atoms with Crippen molar-refractivity contribution in [3.8, 4) is 23.4 Å². The molecule has 0 aliphatic heterocycles. The molecule has 0 atom stereocenters. The third-order valence-corrected chi connectivity index (χ3v) is 5.26. The Hall–Kier alpha value is -3.87. The fourth-order valence-corrected chi connectivity index (χ4v) is 3.63. The van der Waals surface area contributed by atoms with Crippen molar-refractivity contribution >= 4 is 40.8 Å². The molecule has 0 saturated carbocycles. The third kappa shape index (κ3) is 4.35. The standard InChI is InChI=1S/C18H11ClFN7O3S/c1-27-15(18(29)30-26-27)14-9(5-21)16(23)25-17(10(14)6-22)31-7-13(28)24-8-2-3-12(20)11(19)4-8/h2-4H,7H2,1H3,(H3-,23,24,25,26,28,29)/p+1. The van der Waals surface area contributed by atoms with Gasteiger partial charge >= 0.3 is 11.3 Å². The monoisotopic (exact) mass is 460 g/mol. The first-order valence-corrected chi connectivity index (χ1v) is 9.72. The molecule has 10 nitrogen and oxygen atoms in total. The summed E-state index contributed by atoms with van der Waals surface area (Å²) < 4.78 is 19.1. The lowest BCUT2D eigenvalue weighted by molar-refractivity contribution is -0.730. The summed E-state index contributed by atoms with van der Waals surface area (Å²) in [6, 6.07) is 7.44. The topological polar surface area (TPSA) is 165 Å². The summed E-state index contributed by atoms with van der Waals surface area (Å²) in [6.07, 6.45) is 0. The maximum absolute atomic E-state index is 13.2. The average molecular weight is 461 g/mol. The van der Waals surface area contributed by atoms with Gasteiger partial charge in [-0.3, -0.25) is 9.32 Å². The van der Waals surface area contributed by atoms with E-state index in [-0.39, 0.29) is 49.7 Å². The van der Waals surface area contributed by atoms with E-state index in [9.17, 15) is 24.5 Å². The molecule has 1 amide bonds. The number of nitrogens with zero attached hydrogens (tertiary/aromatic N) is 4. The van der Waals surface area contributed by atoms with Crippen LogP contribution in [-0.4, -0.2) is 21.9 Å². The van der Waals surface area contributed by atoms with Gasteiger partial charge in [0.1, 0.15) is 39.9 Å². The van der Waals surface area contributed by atoms with Gasteiger partial charge in [0.05, 0.1) is 16.3 Å². The van der Waals surface area contributed by atoms with E-state index in [1.54, 1.807) is 0 Å². The summed E-state index contributed by atoms with van der Waals surface area (Å²) in [5.41, 5.74) is 4.89. The van der Waals surface area contributed by atoms with E-state index in [2.05, 4.69) is 15.6 Å². The zero-order valence-electron chi connectivity index (χ0n) is 15.7. The summed E-state index contributed by atoms with van der Waals surface area (Å²) >= 11 is 6.56. The molecule has 156 valence electrons. The number of hydrogen-bond donors (Lipinski definition) is 3. The van der Waals surface area contributed by atoms with Crippen LogP contribution < -0.4 is 21.4 Å². The van der Waals surface area contributed by atoms with Crippen molar-refractivity contribution in [2.45, 2.75) is 5.03 Å². The van der Waals surface area contributed by atoms with Crippen molar-refractivity contribution in [1.29, 1.82) is 10.5 Å². The highest BCUT2D eigenvalue weighted by Gasteiger charge is 2.31. The van der Waals surface area contributed by atoms with Gasteiger partial charge in [-0.25, -0.2) is 14.2 Å². The summed E-state index contributed by atoms with van der Waals surface area (Å²) in [4.78, 5) is 28.4. The van der Waals surface area contributed by atoms with Crippen molar-refractivity contribution in [3.05, 3.63) is 50.6 Å². The van der Waals surface area contributed by atoms with Crippen LogP contribution in [0.3, 0.4) is 0 Å². The molecule has 2 aromatic heterocycles. The molecule has 0 spiro atoms. The second kappa shape index (κ2) is 8.87. The lowest BCUT2D eigenvalue weighted by Crippen LogP contribution is -2.34. The number of aromatic amines is 1. The number of aromatic nitrogens is 3. The Kier molecular flexibility index (Phi) is 6.25. The molecule has 31 heavy (non-hydrogen) atoms. The lowest BCUT2D eigenvalue weighted by atomic mass is 10.0. The molecule has 13 heteroatoms. The van der Waals surface area contributed by atoms with E-state index in [1.165, 1.54) is 23.9 Å². The molecule has 0 saturated heterocycles. The maximum atomic E-state index is 13.2. The summed E-state index contributed by atoms with van der Waals surface area (Å²) in [6.45, 7) is 0. The lowest BCUT2D eigenvalue weighted by Gasteiger charge is -2.10. The van der Waals surface area contributed by atoms with Crippen LogP contribution in [-0.2, 0) is 11.8 Å². The van der Waals surface area contributed by atoms with Crippen molar-refractivity contribution in [3.63, 3.8) is 0 Å². The van der Waals surface area contributed by atoms with Crippen LogP contribution in [0, 0.1) is 28.5 Å². The zero-order valence-corrected chi connectivity index (χ0v) is 17.3. The predicted octanol–water partition coefficient (Wildman–Crippen LogP) is 1.70. The van der Waals surface area contributed by atoms with Gasteiger partial charge in [0.25, 0.3) is 0 Å². The molecular weight excluding hydrogens is 449 g/mol. The first-order valence-electron chi connectivity index (χ1n) is 8.36. The van der Waals surface area contributed by atoms with Gasteiger partial charge < -0.3 is 11.1 Å². The number of nitriles is 2. The van der Waals surface area contributed by atoms with Crippen LogP contribution >= 0.6 is 23.4 Å². The highest BCUT2D eigenvalue weighted by atomic mass is 35.5. The largest absolute Gasteiger partial charge is 0.435 e. The quantitative estimate of drug-likeness (QED) is 0.382. The van der Waals surface area contributed by atoms with E-state index >= 15 is 0 Å². The normalized spacial score (nSPS) is 10.4. The van der Waals surface area contributed by atoms with E-state index < -0.39 is 17.3 Å². The highest BCUT2D eigenvalue weighted by molar-refractivity contribution is 8.00. The van der Waals surface area contributed by atoms with Gasteiger partial charge in [0.2, 0.25) is 5.91 Å². The number of H-pyrrole nitrogens is 1. The molecule has 0 fully saturated rings. The molecule has 3 aromatic rings. The van der Waals surface area contributed by atoms with E-state index in [0.717, 1.165) is 17.8 Å². The minimum atomic E-state index is -0.817. The molecule has 0 radical (unpaired) electrons. The van der Waals surface area contributed by atoms with Gasteiger partial charge in [-0.2, -0.15) is 10.5 Å². The van der Waals surface area contributed by atoms with Crippen LogP contribution in [0.2, 0.25) is 5.02 Å². The van der Waals surface area contributed by atoms with Gasteiger partial charge in [0, 0.05) is 5.69 Å². The third-order valence-electron chi connectivity index (χ3n) is 4.00. The van der Waals surface area contributed by atoms with Crippen molar-refractivity contribution in [1.82, 2.24) is 10.3 Å². The van der Waals surface area contributed by atoms with Crippen molar-refractivity contribution in [2.75, 3.05) is 16.8 Å². The van der Waals surface area contributed by atoms with Gasteiger partial charge in [-0.1, -0.05) is 28.0 Å². The summed E-state index contributed by atoms with van der Waals surface area (Å²) in [5, 5.41) is 23.9. The van der Waals surface area contributed by atoms with Crippen LogP contribution in [0.1, 0.15) is 11.1 Å². The van der Waals surface area contributed by atoms with Crippen LogP contribution in [0.25, 0.3) is 11.3 Å². The van der Waals surface area contributed by atoms with Gasteiger partial charge in [-0.05, 0) is 23.5 Å². The minimum Gasteiger partial charge on any atom is -0.383 e. The number of carbonyl (C=O) groups is 1. The fraction of sp³-hybridized carbons (Fsp3) is 0.111. The number of carbonyl (C=O) groups excluding carboxylic acids is 1. The zero-order chi connectivity index (χ0) is 22.7. The highest BCUT2D eigenvalue weighted by Crippen LogP contribution is 2.33. The number of nitrogens with one attached hydrogen (secondary N) is 2. The van der Waals surface area contributed by atoms with Crippen molar-refractivity contribution < 1.29 is 18.4 Å². The van der Waals surface area contributed by atoms with Crippen LogP contribution in [0.15, 0.2) is 32.5 Å². The number of rotatable bonds is 5. The van der Waals surface area contributed by atoms with Gasteiger partial charge in [-0.15, -0.1) is 0 Å². The fourth-order valence-electron chi connectivity index (χ4n) is 2.65. The molecule has 0 bridgehead atoms. The Morgan fingerprint density at radius 1 is 1.42 bits per heavy atom. The average Bonchev–Trinajstić information content (AvgIpc) is 3.06. The number of anilines is 2. The number of thioether (sulfide) groups is 1. The predicted molar refractivity (Wildman–Crippen MR) is 108 cm³/mol. The molecule has 0 unspecified atom stereocenters. The molecule has 4 N–H and O–H groups in total. The second-order valence-electron chi connectivity index (χ2n) is 6.00. The Morgan fingerprint density at radius 3 is 2.71 bits per heavy atom. The number of pyridine rings is 1. The molecule has 0 aliphatic rings. The molecule has 0 aliphatic carbocycles. The van der Waals surface area contributed by atoms with E-state index in [1.807, 2.05) is 12.1 Å². The Morgan fingerprint density at radius 2 is 2.13 bits per heavy atom. The Balaban J connectivity index is 1.94. The number of hydrogen-bond acceptors (Lipinski definition) is 8. The van der Waals surface area contributed by atoms with Crippen LogP contribution in [0.5, 0.6) is 0 Å². The smallest absolute Gasteiger partial charge is 0.383 e. The first kappa shape index (κ1) is 21.8. The number of nitrogen functional groups attached to an aromatic ring is 1. The van der Waals surface area contributed by atoms with Crippen LogP contribution in [0.4, 0.5) is 15.9 Å². The van der Waals surface area contributed by atoms with E-state index in [4.69, 9.17) is 21.9 Å². The maximum Gasteiger partial charge on any atom is 0.435 e. The van der Waals surface area contributed by atoms with Gasteiger partial charge in [0.15, 0.2) is 7.05 Å². The number of nitrogens with two attached hydrogens (primary N) is 1. The van der Waals surface area contributed by atoms with E-state index in [0.29, 0.717) is 0 Å². The first-order chi connectivity index (χ1) is 14.8.